The first-order valence-corrected chi connectivity index (χ1v) is 10.6. The predicted octanol–water partition coefficient (Wildman–Crippen LogP) is 3.14. The van der Waals surface area contributed by atoms with E-state index >= 15 is 0 Å². The topological polar surface area (TPSA) is 83.6 Å². The van der Waals surface area contributed by atoms with Gasteiger partial charge < -0.3 is 10.2 Å². The van der Waals surface area contributed by atoms with Crippen molar-refractivity contribution in [3.63, 3.8) is 0 Å². The van der Waals surface area contributed by atoms with Crippen LogP contribution in [0.1, 0.15) is 28.4 Å². The average Bonchev–Trinajstić information content (AvgIpc) is 2.68. The molecule has 1 N–H and O–H groups in total. The zero-order valence-corrected chi connectivity index (χ0v) is 16.8. The van der Waals surface area contributed by atoms with Gasteiger partial charge in [-0.05, 0) is 60.5 Å². The average molecular weight is 419 g/mol. The first-order valence-electron chi connectivity index (χ1n) is 8.56. The van der Waals surface area contributed by atoms with Gasteiger partial charge in [0.15, 0.2) is 9.84 Å². The number of fused-ring (bicyclic) bond motifs is 1. The van der Waals surface area contributed by atoms with Crippen molar-refractivity contribution in [1.29, 1.82) is 0 Å². The van der Waals surface area contributed by atoms with Gasteiger partial charge in [-0.2, -0.15) is 0 Å². The summed E-state index contributed by atoms with van der Waals surface area (Å²) < 4.78 is 24.5. The van der Waals surface area contributed by atoms with Crippen molar-refractivity contribution in [1.82, 2.24) is 5.32 Å². The Morgan fingerprint density at radius 1 is 1.21 bits per heavy atom. The molecule has 1 unspecified atom stereocenters. The van der Waals surface area contributed by atoms with Crippen molar-refractivity contribution in [2.24, 2.45) is 0 Å². The van der Waals surface area contributed by atoms with E-state index in [0.717, 1.165) is 0 Å². The number of rotatable bonds is 4. The Labute approximate surface area is 168 Å². The van der Waals surface area contributed by atoms with Crippen LogP contribution in [0.5, 0.6) is 0 Å². The number of halogens is 1. The Morgan fingerprint density at radius 2 is 1.89 bits per heavy atom. The van der Waals surface area contributed by atoms with E-state index in [1.54, 1.807) is 37.4 Å². The van der Waals surface area contributed by atoms with Crippen LogP contribution in [0.15, 0.2) is 60.0 Å². The second-order valence-corrected chi connectivity index (χ2v) is 8.98. The number of sulfone groups is 1. The van der Waals surface area contributed by atoms with Crippen LogP contribution in [-0.4, -0.2) is 33.0 Å². The van der Waals surface area contributed by atoms with Crippen LogP contribution in [0, 0.1) is 0 Å². The Morgan fingerprint density at radius 3 is 2.54 bits per heavy atom. The quantitative estimate of drug-likeness (QED) is 0.773. The molecule has 1 heterocycles. The number of benzene rings is 2. The van der Waals surface area contributed by atoms with Gasteiger partial charge in [0.05, 0.1) is 16.7 Å². The van der Waals surface area contributed by atoms with Gasteiger partial charge in [-0.25, -0.2) is 8.42 Å². The van der Waals surface area contributed by atoms with Gasteiger partial charge in [0, 0.05) is 23.3 Å². The van der Waals surface area contributed by atoms with Crippen molar-refractivity contribution in [3.8, 4) is 0 Å². The van der Waals surface area contributed by atoms with E-state index in [4.69, 9.17) is 11.6 Å². The molecule has 0 radical (unpaired) electrons. The molecule has 0 saturated heterocycles. The summed E-state index contributed by atoms with van der Waals surface area (Å²) in [5.41, 5.74) is 1.53. The minimum atomic E-state index is -3.37. The Hall–Kier alpha value is -2.64. The Balaban J connectivity index is 1.81. The summed E-state index contributed by atoms with van der Waals surface area (Å²) in [6.07, 6.45) is 1.48. The van der Waals surface area contributed by atoms with Crippen LogP contribution in [0.25, 0.3) is 0 Å². The maximum Gasteiger partial charge on any atom is 0.251 e. The lowest BCUT2D eigenvalue weighted by Gasteiger charge is -2.26. The molecular weight excluding hydrogens is 400 g/mol. The first kappa shape index (κ1) is 20.1. The second-order valence-electron chi connectivity index (χ2n) is 6.46. The summed E-state index contributed by atoms with van der Waals surface area (Å²) in [4.78, 5) is 25.9. The number of amides is 2. The van der Waals surface area contributed by atoms with Crippen molar-refractivity contribution in [2.45, 2.75) is 17.4 Å². The Bertz CT molecular complexity index is 1050. The third-order valence-electron chi connectivity index (χ3n) is 4.68. The first-order chi connectivity index (χ1) is 13.2. The molecule has 0 aliphatic carbocycles. The highest BCUT2D eigenvalue weighted by Crippen LogP contribution is 2.34. The van der Waals surface area contributed by atoms with Crippen molar-refractivity contribution >= 4 is 38.9 Å². The van der Waals surface area contributed by atoms with E-state index in [0.29, 0.717) is 21.8 Å². The van der Waals surface area contributed by atoms with E-state index in [1.165, 1.54) is 23.1 Å². The molecule has 0 bridgehead atoms. The number of nitrogens with zero attached hydrogens (tertiary/aromatic N) is 1. The summed E-state index contributed by atoms with van der Waals surface area (Å²) in [6, 6.07) is 10.7. The normalized spacial score (nSPS) is 17.3. The van der Waals surface area contributed by atoms with Crippen LogP contribution in [-0.2, 0) is 14.6 Å². The fraction of sp³-hybridized carbons (Fsp3) is 0.200. The number of likely N-dealkylation sites (N-methyl/N-ethyl adjacent to an activating group) is 1. The summed E-state index contributed by atoms with van der Waals surface area (Å²) in [6.45, 7) is 3.45. The molecular formula is C20H19ClN2O4S. The van der Waals surface area contributed by atoms with Crippen LogP contribution in [0.2, 0.25) is 5.02 Å². The lowest BCUT2D eigenvalue weighted by molar-refractivity contribution is -0.113. The second kappa shape index (κ2) is 7.77. The van der Waals surface area contributed by atoms with Crippen LogP contribution < -0.4 is 10.2 Å². The minimum absolute atomic E-state index is 0.0417. The van der Waals surface area contributed by atoms with Gasteiger partial charge in [0.1, 0.15) is 0 Å². The van der Waals surface area contributed by atoms with E-state index < -0.39 is 15.9 Å². The highest BCUT2D eigenvalue weighted by molar-refractivity contribution is 7.91. The number of hydrogen-bond acceptors (Lipinski definition) is 4. The standard InChI is InChI=1S/C20H19ClN2O4S/c1-3-19(24)23(2)15-7-4-13(5-8-15)20(25)22-17-10-11-28(26,27)18-9-6-14(21)12-16(17)18/h3-9,12,17H,1,10-11H2,2H3,(H,22,25). The highest BCUT2D eigenvalue weighted by atomic mass is 35.5. The Kier molecular flexibility index (Phi) is 5.58. The summed E-state index contributed by atoms with van der Waals surface area (Å²) >= 11 is 6.03. The highest BCUT2D eigenvalue weighted by Gasteiger charge is 2.31. The van der Waals surface area contributed by atoms with Crippen LogP contribution in [0.4, 0.5) is 5.69 Å². The number of hydrogen-bond donors (Lipinski definition) is 1. The van der Waals surface area contributed by atoms with E-state index in [1.807, 2.05) is 0 Å². The number of anilines is 1. The van der Waals surface area contributed by atoms with E-state index in [9.17, 15) is 18.0 Å². The molecule has 0 fully saturated rings. The lowest BCUT2D eigenvalue weighted by atomic mass is 10.0. The molecule has 0 saturated carbocycles. The molecule has 1 atom stereocenters. The summed E-state index contributed by atoms with van der Waals surface area (Å²) in [5, 5.41) is 3.29. The van der Waals surface area contributed by atoms with Gasteiger partial charge >= 0.3 is 0 Å². The van der Waals surface area contributed by atoms with Gasteiger partial charge in [-0.3, -0.25) is 9.59 Å². The SMILES string of the molecule is C=CC(=O)N(C)c1ccc(C(=O)NC2CCS(=O)(=O)c3ccc(Cl)cc32)cc1. The van der Waals surface area contributed by atoms with E-state index in [-0.39, 0.29) is 28.9 Å². The fourth-order valence-electron chi connectivity index (χ4n) is 3.11. The lowest BCUT2D eigenvalue weighted by Crippen LogP contribution is -2.34. The molecule has 2 amide bonds. The molecule has 1 aliphatic heterocycles. The molecule has 2 aromatic carbocycles. The maximum absolute atomic E-state index is 12.6. The largest absolute Gasteiger partial charge is 0.345 e. The number of nitrogens with one attached hydrogen (secondary N) is 1. The smallest absolute Gasteiger partial charge is 0.251 e. The molecule has 0 spiro atoms. The van der Waals surface area contributed by atoms with Crippen molar-refractivity contribution in [3.05, 3.63) is 71.3 Å². The number of carbonyl (C=O) groups excluding carboxylic acids is 2. The maximum atomic E-state index is 12.6. The molecule has 28 heavy (non-hydrogen) atoms. The molecule has 0 aromatic heterocycles. The summed E-state index contributed by atoms with van der Waals surface area (Å²) in [7, 11) is -1.76. The molecule has 1 aliphatic rings. The zero-order chi connectivity index (χ0) is 20.5. The molecule has 6 nitrogen and oxygen atoms in total. The monoisotopic (exact) mass is 418 g/mol. The third-order valence-corrected chi connectivity index (χ3v) is 6.74. The van der Waals surface area contributed by atoms with Gasteiger partial charge in [-0.1, -0.05) is 18.2 Å². The minimum Gasteiger partial charge on any atom is -0.345 e. The fourth-order valence-corrected chi connectivity index (χ4v) is 4.89. The van der Waals surface area contributed by atoms with Crippen molar-refractivity contribution < 1.29 is 18.0 Å². The molecule has 146 valence electrons. The zero-order valence-electron chi connectivity index (χ0n) is 15.2. The van der Waals surface area contributed by atoms with Crippen molar-refractivity contribution in [2.75, 3.05) is 17.7 Å². The van der Waals surface area contributed by atoms with Crippen LogP contribution >= 0.6 is 11.6 Å². The molecule has 8 heteroatoms. The predicted molar refractivity (Wildman–Crippen MR) is 108 cm³/mol. The third kappa shape index (κ3) is 3.95. The number of carbonyl (C=O) groups is 2. The van der Waals surface area contributed by atoms with Gasteiger partial charge in [0.2, 0.25) is 5.91 Å². The molecule has 2 aromatic rings. The molecule has 3 rings (SSSR count). The summed E-state index contributed by atoms with van der Waals surface area (Å²) in [5.74, 6) is -0.631. The van der Waals surface area contributed by atoms with Gasteiger partial charge in [-0.15, -0.1) is 0 Å². The van der Waals surface area contributed by atoms with E-state index in [2.05, 4.69) is 11.9 Å². The van der Waals surface area contributed by atoms with Gasteiger partial charge in [0.25, 0.3) is 5.91 Å². The van der Waals surface area contributed by atoms with Crippen LogP contribution in [0.3, 0.4) is 0 Å².